The number of carbonyl (C=O) groups is 2. The van der Waals surface area contributed by atoms with Crippen molar-refractivity contribution >= 4 is 17.4 Å². The Morgan fingerprint density at radius 3 is 2.68 bits per heavy atom. The number of ketones is 1. The molecule has 1 aromatic carbocycles. The summed E-state index contributed by atoms with van der Waals surface area (Å²) < 4.78 is 36.2. The molecule has 0 radical (unpaired) electrons. The number of likely N-dealkylation sites (N-methyl/N-ethyl adjacent to an activating group) is 1. The average molecular weight is 271 g/mol. The molecule has 0 fully saturated rings. The van der Waals surface area contributed by atoms with E-state index in [0.29, 0.717) is 11.3 Å². The lowest BCUT2D eigenvalue weighted by Crippen LogP contribution is -2.20. The first-order valence-electron chi connectivity index (χ1n) is 5.77. The summed E-state index contributed by atoms with van der Waals surface area (Å²) in [6, 6.07) is 4.57. The van der Waals surface area contributed by atoms with Gasteiger partial charge in [-0.05, 0) is 23.8 Å². The van der Waals surface area contributed by atoms with E-state index in [0.717, 1.165) is 0 Å². The van der Waals surface area contributed by atoms with E-state index >= 15 is 0 Å². The first kappa shape index (κ1) is 13.6. The van der Waals surface area contributed by atoms with E-state index < -0.39 is 24.8 Å². The Bertz CT molecular complexity index is 537. The molecule has 3 nitrogen and oxygen atoms in total. The molecule has 2 rings (SSSR count). The number of halogens is 3. The zero-order valence-corrected chi connectivity index (χ0v) is 10.3. The summed E-state index contributed by atoms with van der Waals surface area (Å²) in [5, 5.41) is 0. The van der Waals surface area contributed by atoms with E-state index in [-0.39, 0.29) is 17.9 Å². The molecule has 0 unspecified atom stereocenters. The van der Waals surface area contributed by atoms with Crippen molar-refractivity contribution in [1.29, 1.82) is 0 Å². The zero-order valence-electron chi connectivity index (χ0n) is 10.3. The summed E-state index contributed by atoms with van der Waals surface area (Å²) >= 11 is 0. The van der Waals surface area contributed by atoms with Crippen LogP contribution in [-0.2, 0) is 11.2 Å². The van der Waals surface area contributed by atoms with Gasteiger partial charge in [-0.3, -0.25) is 9.59 Å². The van der Waals surface area contributed by atoms with E-state index in [1.54, 1.807) is 13.1 Å². The number of anilines is 1. The van der Waals surface area contributed by atoms with Gasteiger partial charge in [-0.25, -0.2) is 0 Å². The fraction of sp³-hybridized carbons (Fsp3) is 0.385. The van der Waals surface area contributed by atoms with Crippen molar-refractivity contribution in [3.05, 3.63) is 29.3 Å². The highest BCUT2D eigenvalue weighted by Gasteiger charge is 2.29. The number of nitrogens with zero attached hydrogens (tertiary/aromatic N) is 1. The van der Waals surface area contributed by atoms with Crippen LogP contribution in [0.4, 0.5) is 18.9 Å². The monoisotopic (exact) mass is 271 g/mol. The third kappa shape index (κ3) is 2.94. The number of alkyl halides is 3. The Morgan fingerprint density at radius 2 is 2.05 bits per heavy atom. The maximum Gasteiger partial charge on any atom is 0.389 e. The van der Waals surface area contributed by atoms with E-state index in [2.05, 4.69) is 0 Å². The summed E-state index contributed by atoms with van der Waals surface area (Å²) in [5.41, 5.74) is 1.62. The van der Waals surface area contributed by atoms with Crippen LogP contribution in [0.15, 0.2) is 18.2 Å². The van der Waals surface area contributed by atoms with Crippen LogP contribution in [0, 0.1) is 0 Å². The maximum atomic E-state index is 12.1. The van der Waals surface area contributed by atoms with E-state index in [9.17, 15) is 22.8 Å². The number of rotatable bonds is 3. The van der Waals surface area contributed by atoms with Gasteiger partial charge in [0.25, 0.3) is 0 Å². The number of Topliss-reactive ketones (excluding diaryl/α,β-unsaturated/α-hetero) is 1. The fourth-order valence-electron chi connectivity index (χ4n) is 2.04. The van der Waals surface area contributed by atoms with Crippen molar-refractivity contribution in [2.45, 2.75) is 25.4 Å². The van der Waals surface area contributed by atoms with Crippen LogP contribution in [0.1, 0.15) is 28.8 Å². The summed E-state index contributed by atoms with van der Waals surface area (Å²) in [6.45, 7) is 0. The lowest BCUT2D eigenvalue weighted by atomic mass is 10.0. The van der Waals surface area contributed by atoms with Crippen LogP contribution in [-0.4, -0.2) is 24.9 Å². The number of benzene rings is 1. The molecule has 0 saturated heterocycles. The Hall–Kier alpha value is -1.85. The van der Waals surface area contributed by atoms with Crippen molar-refractivity contribution in [1.82, 2.24) is 0 Å². The van der Waals surface area contributed by atoms with Crippen molar-refractivity contribution in [2.75, 3.05) is 11.9 Å². The summed E-state index contributed by atoms with van der Waals surface area (Å²) in [6.07, 6.45) is -5.83. The molecular formula is C13H12F3NO2. The molecule has 0 bridgehead atoms. The molecule has 1 heterocycles. The number of hydrogen-bond acceptors (Lipinski definition) is 2. The molecule has 1 amide bonds. The van der Waals surface area contributed by atoms with Gasteiger partial charge in [0.1, 0.15) is 0 Å². The van der Waals surface area contributed by atoms with E-state index in [1.807, 2.05) is 0 Å². The van der Waals surface area contributed by atoms with Crippen LogP contribution >= 0.6 is 0 Å². The quantitative estimate of drug-likeness (QED) is 0.793. The highest BCUT2D eigenvalue weighted by Crippen LogP contribution is 2.29. The van der Waals surface area contributed by atoms with Gasteiger partial charge in [0.2, 0.25) is 5.91 Å². The number of hydrogen-bond donors (Lipinski definition) is 0. The smallest absolute Gasteiger partial charge is 0.315 e. The Balaban J connectivity index is 2.13. The first-order valence-corrected chi connectivity index (χ1v) is 5.77. The first-order chi connectivity index (χ1) is 8.78. The van der Waals surface area contributed by atoms with E-state index in [1.165, 1.54) is 17.0 Å². The summed E-state index contributed by atoms with van der Waals surface area (Å²) in [5.74, 6) is -0.642. The standard InChI is InChI=1S/C13H12F3NO2/c1-17-10-3-2-8(6-9(10)7-12(17)19)11(18)4-5-13(14,15)16/h2-3,6H,4-5,7H2,1H3. The van der Waals surface area contributed by atoms with Gasteiger partial charge < -0.3 is 4.90 Å². The van der Waals surface area contributed by atoms with Gasteiger partial charge in [-0.1, -0.05) is 0 Å². The predicted molar refractivity (Wildman–Crippen MR) is 63.2 cm³/mol. The molecule has 102 valence electrons. The number of carbonyl (C=O) groups excluding carboxylic acids is 2. The number of amides is 1. The van der Waals surface area contributed by atoms with Crippen molar-refractivity contribution in [3.63, 3.8) is 0 Å². The third-order valence-corrected chi connectivity index (χ3v) is 3.11. The van der Waals surface area contributed by atoms with Gasteiger partial charge in [-0.15, -0.1) is 0 Å². The molecule has 1 aliphatic rings. The molecule has 0 saturated carbocycles. The van der Waals surface area contributed by atoms with Crippen LogP contribution in [0.5, 0.6) is 0 Å². The molecule has 6 heteroatoms. The maximum absolute atomic E-state index is 12.1. The molecule has 1 aromatic rings. The minimum absolute atomic E-state index is 0.0881. The molecule has 0 spiro atoms. The fourth-order valence-corrected chi connectivity index (χ4v) is 2.04. The highest BCUT2D eigenvalue weighted by atomic mass is 19.4. The molecule has 0 aliphatic carbocycles. The normalized spacial score (nSPS) is 14.7. The topological polar surface area (TPSA) is 37.4 Å². The van der Waals surface area contributed by atoms with Gasteiger partial charge in [0.05, 0.1) is 12.8 Å². The van der Waals surface area contributed by atoms with Crippen LogP contribution < -0.4 is 4.90 Å². The highest BCUT2D eigenvalue weighted by molar-refractivity contribution is 6.03. The Labute approximate surface area is 108 Å². The molecule has 0 aromatic heterocycles. The lowest BCUT2D eigenvalue weighted by molar-refractivity contribution is -0.133. The SMILES string of the molecule is CN1C(=O)Cc2cc(C(=O)CCC(F)(F)F)ccc21. The minimum Gasteiger partial charge on any atom is -0.315 e. The summed E-state index contributed by atoms with van der Waals surface area (Å²) in [7, 11) is 1.62. The minimum atomic E-state index is -4.33. The van der Waals surface area contributed by atoms with Gasteiger partial charge >= 0.3 is 6.18 Å². The molecule has 0 N–H and O–H groups in total. The zero-order chi connectivity index (χ0) is 14.2. The molecule has 1 aliphatic heterocycles. The molecular weight excluding hydrogens is 259 g/mol. The summed E-state index contributed by atoms with van der Waals surface area (Å²) in [4.78, 5) is 24.6. The van der Waals surface area contributed by atoms with Crippen LogP contribution in [0.25, 0.3) is 0 Å². The van der Waals surface area contributed by atoms with Gasteiger partial charge in [0, 0.05) is 24.7 Å². The molecule has 19 heavy (non-hydrogen) atoms. The largest absolute Gasteiger partial charge is 0.389 e. The van der Waals surface area contributed by atoms with Crippen LogP contribution in [0.3, 0.4) is 0 Å². The van der Waals surface area contributed by atoms with Gasteiger partial charge in [0.15, 0.2) is 5.78 Å². The van der Waals surface area contributed by atoms with Crippen molar-refractivity contribution < 1.29 is 22.8 Å². The van der Waals surface area contributed by atoms with E-state index in [4.69, 9.17) is 0 Å². The second-order valence-electron chi connectivity index (χ2n) is 4.51. The Morgan fingerprint density at radius 1 is 1.37 bits per heavy atom. The van der Waals surface area contributed by atoms with Crippen LogP contribution in [0.2, 0.25) is 0 Å². The second kappa shape index (κ2) is 4.68. The number of fused-ring (bicyclic) bond motifs is 1. The third-order valence-electron chi connectivity index (χ3n) is 3.11. The Kier molecular flexibility index (Phi) is 3.34. The van der Waals surface area contributed by atoms with Crippen molar-refractivity contribution in [3.8, 4) is 0 Å². The lowest BCUT2D eigenvalue weighted by Gasteiger charge is -2.10. The molecule has 0 atom stereocenters. The predicted octanol–water partition coefficient (Wildman–Crippen LogP) is 2.73. The average Bonchev–Trinajstić information content (AvgIpc) is 2.61. The van der Waals surface area contributed by atoms with Crippen molar-refractivity contribution in [2.24, 2.45) is 0 Å². The second-order valence-corrected chi connectivity index (χ2v) is 4.51. The van der Waals surface area contributed by atoms with Gasteiger partial charge in [-0.2, -0.15) is 13.2 Å².